The number of hydrogen-bond acceptors (Lipinski definition) is 3. The fourth-order valence-electron chi connectivity index (χ4n) is 3.36. The number of likely N-dealkylation sites (tertiary alicyclic amines) is 1. The van der Waals surface area contributed by atoms with E-state index in [4.69, 9.17) is 5.73 Å². The molecule has 1 amide bonds. The number of carbonyl (C=O) groups is 1. The lowest BCUT2D eigenvalue weighted by molar-refractivity contribution is 0.251. The lowest BCUT2D eigenvalue weighted by atomic mass is 10.0. The summed E-state index contributed by atoms with van der Waals surface area (Å²) in [5.41, 5.74) is 7.81. The molecule has 4 rings (SSSR count). The van der Waals surface area contributed by atoms with Crippen molar-refractivity contribution >= 4 is 17.1 Å². The number of carbonyl (C=O) groups excluding carboxylic acids is 1. The molecule has 0 unspecified atom stereocenters. The Morgan fingerprint density at radius 2 is 2.08 bits per heavy atom. The highest BCUT2D eigenvalue weighted by Crippen LogP contribution is 2.27. The second-order valence-electron chi connectivity index (χ2n) is 6.37. The summed E-state index contributed by atoms with van der Waals surface area (Å²) >= 11 is 0. The maximum Gasteiger partial charge on any atom is 0.324 e. The summed E-state index contributed by atoms with van der Waals surface area (Å²) in [4.78, 5) is 17.9. The third kappa shape index (κ3) is 3.00. The SMILES string of the molecule is NC(=O)n1c[c]c2cc(-c3ccc(CN4CCCC4)cc3F)cnc21. The molecule has 25 heavy (non-hydrogen) atoms. The number of aromatic nitrogens is 2. The van der Waals surface area contributed by atoms with Gasteiger partial charge in [-0.1, -0.05) is 12.1 Å². The molecule has 0 saturated carbocycles. The molecule has 3 aromatic rings. The average molecular weight is 337 g/mol. The molecular formula is C19H18FN4O. The van der Waals surface area contributed by atoms with Crippen LogP contribution in [0.2, 0.25) is 0 Å². The van der Waals surface area contributed by atoms with Crippen LogP contribution in [0, 0.1) is 11.9 Å². The molecule has 0 atom stereocenters. The second-order valence-corrected chi connectivity index (χ2v) is 6.37. The van der Waals surface area contributed by atoms with Gasteiger partial charge in [0.1, 0.15) is 11.5 Å². The number of pyridine rings is 1. The van der Waals surface area contributed by atoms with E-state index in [0.717, 1.165) is 25.2 Å². The van der Waals surface area contributed by atoms with Crippen molar-refractivity contribution in [2.45, 2.75) is 19.4 Å². The van der Waals surface area contributed by atoms with Crippen molar-refractivity contribution in [3.8, 4) is 11.1 Å². The summed E-state index contributed by atoms with van der Waals surface area (Å²) in [5.74, 6) is -0.271. The van der Waals surface area contributed by atoms with E-state index in [-0.39, 0.29) is 5.82 Å². The predicted molar refractivity (Wildman–Crippen MR) is 93.5 cm³/mol. The van der Waals surface area contributed by atoms with Crippen molar-refractivity contribution in [2.75, 3.05) is 13.1 Å². The first-order valence-corrected chi connectivity index (χ1v) is 8.31. The number of nitrogens with two attached hydrogens (primary N) is 1. The first-order chi connectivity index (χ1) is 12.1. The molecule has 1 aliphatic rings. The molecule has 3 heterocycles. The normalized spacial score (nSPS) is 15.1. The Bertz CT molecular complexity index is 944. The Labute approximate surface area is 144 Å². The molecular weight excluding hydrogens is 319 g/mol. The van der Waals surface area contributed by atoms with E-state index in [9.17, 15) is 9.18 Å². The van der Waals surface area contributed by atoms with Crippen LogP contribution >= 0.6 is 0 Å². The molecule has 127 valence electrons. The van der Waals surface area contributed by atoms with Gasteiger partial charge in [0.25, 0.3) is 0 Å². The molecule has 0 aliphatic carbocycles. The molecule has 0 spiro atoms. The van der Waals surface area contributed by atoms with E-state index < -0.39 is 6.03 Å². The second kappa shape index (κ2) is 6.29. The van der Waals surface area contributed by atoms with E-state index in [1.54, 1.807) is 24.4 Å². The maximum absolute atomic E-state index is 14.6. The first kappa shape index (κ1) is 15.8. The quantitative estimate of drug-likeness (QED) is 0.798. The minimum absolute atomic E-state index is 0.271. The van der Waals surface area contributed by atoms with Crippen LogP contribution in [0.3, 0.4) is 0 Å². The number of amides is 1. The molecule has 2 N–H and O–H groups in total. The molecule has 1 fully saturated rings. The van der Waals surface area contributed by atoms with E-state index in [1.165, 1.54) is 23.6 Å². The molecule has 6 heteroatoms. The van der Waals surface area contributed by atoms with Gasteiger partial charge in [-0.2, -0.15) is 0 Å². The summed E-state index contributed by atoms with van der Waals surface area (Å²) < 4.78 is 15.8. The van der Waals surface area contributed by atoms with Gasteiger partial charge in [0.05, 0.1) is 0 Å². The topological polar surface area (TPSA) is 64.2 Å². The Balaban J connectivity index is 1.64. The smallest absolute Gasteiger partial charge is 0.324 e. The predicted octanol–water partition coefficient (Wildman–Crippen LogP) is 3.17. The number of hydrogen-bond donors (Lipinski definition) is 1. The molecule has 5 nitrogen and oxygen atoms in total. The third-order valence-electron chi connectivity index (χ3n) is 4.63. The van der Waals surface area contributed by atoms with Crippen molar-refractivity contribution in [1.29, 1.82) is 0 Å². The van der Waals surface area contributed by atoms with E-state index in [0.29, 0.717) is 22.2 Å². The van der Waals surface area contributed by atoms with Gasteiger partial charge >= 0.3 is 6.03 Å². The van der Waals surface area contributed by atoms with Crippen LogP contribution < -0.4 is 5.73 Å². The van der Waals surface area contributed by atoms with Crippen molar-refractivity contribution in [3.63, 3.8) is 0 Å². The van der Waals surface area contributed by atoms with Crippen molar-refractivity contribution < 1.29 is 9.18 Å². The largest absolute Gasteiger partial charge is 0.351 e. The Hall–Kier alpha value is -2.73. The molecule has 1 aromatic carbocycles. The standard InChI is InChI=1S/C19H18FN4O/c20-17-9-13(12-23-6-1-2-7-23)3-4-16(17)15-10-14-5-8-24(19(21)25)18(14)22-11-15/h3-4,8-11H,1-2,6-7,12H2,(H2,21,25). The highest BCUT2D eigenvalue weighted by atomic mass is 19.1. The summed E-state index contributed by atoms with van der Waals surface area (Å²) in [6, 6.07) is 9.41. The van der Waals surface area contributed by atoms with Crippen LogP contribution in [-0.4, -0.2) is 33.6 Å². The van der Waals surface area contributed by atoms with Gasteiger partial charge in [-0.3, -0.25) is 9.47 Å². The Morgan fingerprint density at radius 1 is 1.28 bits per heavy atom. The number of rotatable bonds is 3. The van der Waals surface area contributed by atoms with Crippen LogP contribution in [-0.2, 0) is 6.54 Å². The average Bonchev–Trinajstić information content (AvgIpc) is 3.23. The molecule has 1 radical (unpaired) electrons. The van der Waals surface area contributed by atoms with Crippen LogP contribution in [0.1, 0.15) is 18.4 Å². The molecule has 1 saturated heterocycles. The first-order valence-electron chi connectivity index (χ1n) is 8.31. The highest BCUT2D eigenvalue weighted by Gasteiger charge is 2.14. The lowest BCUT2D eigenvalue weighted by Gasteiger charge is -2.15. The van der Waals surface area contributed by atoms with Gasteiger partial charge in [-0.25, -0.2) is 14.2 Å². The monoisotopic (exact) mass is 337 g/mol. The Kier molecular flexibility index (Phi) is 3.97. The van der Waals surface area contributed by atoms with Gasteiger partial charge in [0.2, 0.25) is 0 Å². The molecule has 0 bridgehead atoms. The van der Waals surface area contributed by atoms with Crippen molar-refractivity contribution in [2.24, 2.45) is 5.73 Å². The van der Waals surface area contributed by atoms with Crippen molar-refractivity contribution in [1.82, 2.24) is 14.5 Å². The zero-order chi connectivity index (χ0) is 17.4. The summed E-state index contributed by atoms with van der Waals surface area (Å²) in [7, 11) is 0. The number of halogens is 1. The van der Waals surface area contributed by atoms with Crippen LogP contribution in [0.15, 0.2) is 36.7 Å². The van der Waals surface area contributed by atoms with E-state index in [2.05, 4.69) is 16.0 Å². The van der Waals surface area contributed by atoms with Crippen LogP contribution in [0.25, 0.3) is 22.2 Å². The number of primary amides is 1. The number of fused-ring (bicyclic) bond motifs is 1. The number of nitrogens with zero attached hydrogens (tertiary/aromatic N) is 3. The van der Waals surface area contributed by atoms with Crippen LogP contribution in [0.4, 0.5) is 9.18 Å². The van der Waals surface area contributed by atoms with Gasteiger partial charge < -0.3 is 5.73 Å². The summed E-state index contributed by atoms with van der Waals surface area (Å²) in [6.45, 7) is 2.94. The summed E-state index contributed by atoms with van der Waals surface area (Å²) in [5, 5.41) is 0.622. The van der Waals surface area contributed by atoms with Crippen molar-refractivity contribution in [3.05, 3.63) is 54.1 Å². The zero-order valence-corrected chi connectivity index (χ0v) is 13.7. The van der Waals surface area contributed by atoms with Crippen LogP contribution in [0.5, 0.6) is 0 Å². The van der Waals surface area contributed by atoms with Gasteiger partial charge in [-0.15, -0.1) is 0 Å². The minimum atomic E-state index is -0.621. The third-order valence-corrected chi connectivity index (χ3v) is 4.63. The highest BCUT2D eigenvalue weighted by molar-refractivity contribution is 5.90. The number of benzene rings is 1. The molecule has 2 aromatic heterocycles. The fraction of sp³-hybridized carbons (Fsp3) is 0.263. The van der Waals surface area contributed by atoms with E-state index >= 15 is 0 Å². The van der Waals surface area contributed by atoms with E-state index in [1.807, 2.05) is 6.07 Å². The summed E-state index contributed by atoms with van der Waals surface area (Å²) in [6.07, 6.45) is 5.43. The minimum Gasteiger partial charge on any atom is -0.351 e. The maximum atomic E-state index is 14.6. The molecule has 1 aliphatic heterocycles. The van der Waals surface area contributed by atoms with Gasteiger partial charge in [0, 0.05) is 41.5 Å². The zero-order valence-electron chi connectivity index (χ0n) is 13.7. The van der Waals surface area contributed by atoms with Gasteiger partial charge in [0.15, 0.2) is 0 Å². The Morgan fingerprint density at radius 3 is 2.80 bits per heavy atom. The fourth-order valence-corrected chi connectivity index (χ4v) is 3.36. The van der Waals surface area contributed by atoms with Gasteiger partial charge in [-0.05, 0) is 43.6 Å². The lowest BCUT2D eigenvalue weighted by Crippen LogP contribution is -2.18.